The summed E-state index contributed by atoms with van der Waals surface area (Å²) in [7, 11) is 0. The molecule has 1 aliphatic heterocycles. The first-order chi connectivity index (χ1) is 9.07. The minimum absolute atomic E-state index is 0.154. The maximum absolute atomic E-state index is 11.6. The first-order valence-electron chi connectivity index (χ1n) is 6.20. The summed E-state index contributed by atoms with van der Waals surface area (Å²) in [6.45, 7) is 2.82. The highest BCUT2D eigenvalue weighted by molar-refractivity contribution is 5.77. The molecule has 1 fully saturated rings. The highest BCUT2D eigenvalue weighted by Crippen LogP contribution is 2.19. The Morgan fingerprint density at radius 3 is 2.95 bits per heavy atom. The van der Waals surface area contributed by atoms with E-state index in [4.69, 9.17) is 14.0 Å². The molecule has 1 aliphatic rings. The lowest BCUT2D eigenvalue weighted by Crippen LogP contribution is -2.47. The number of nitrogens with zero attached hydrogens (tertiary/aromatic N) is 1. The van der Waals surface area contributed by atoms with Crippen molar-refractivity contribution in [1.29, 1.82) is 0 Å². The Morgan fingerprint density at radius 2 is 2.32 bits per heavy atom. The highest BCUT2D eigenvalue weighted by atomic mass is 16.5. The zero-order valence-corrected chi connectivity index (χ0v) is 10.8. The minimum Gasteiger partial charge on any atom is -0.465 e. The predicted molar refractivity (Wildman–Crippen MR) is 64.7 cm³/mol. The number of hydrogen-bond donors (Lipinski definition) is 2. The van der Waals surface area contributed by atoms with Crippen molar-refractivity contribution >= 4 is 5.91 Å². The van der Waals surface area contributed by atoms with Crippen molar-refractivity contribution in [3.63, 3.8) is 0 Å². The maximum atomic E-state index is 11.6. The van der Waals surface area contributed by atoms with Crippen molar-refractivity contribution in [1.82, 2.24) is 10.5 Å². The Morgan fingerprint density at radius 1 is 1.58 bits per heavy atom. The molecule has 2 rings (SSSR count). The summed E-state index contributed by atoms with van der Waals surface area (Å²) in [5.74, 6) is 0.588. The Kier molecular flexibility index (Phi) is 4.39. The molecular weight excluding hydrogens is 252 g/mol. The molecule has 0 atom stereocenters. The highest BCUT2D eigenvalue weighted by Gasteiger charge is 2.30. The molecule has 1 aromatic rings. The third-order valence-corrected chi connectivity index (χ3v) is 3.00. The fraction of sp³-hybridized carbons (Fsp3) is 0.667. The van der Waals surface area contributed by atoms with E-state index in [9.17, 15) is 9.90 Å². The number of ether oxygens (including phenoxy) is 2. The summed E-state index contributed by atoms with van der Waals surface area (Å²) >= 11 is 0. The van der Waals surface area contributed by atoms with Crippen LogP contribution in [0.2, 0.25) is 0 Å². The second-order valence-corrected chi connectivity index (χ2v) is 4.68. The molecule has 106 valence electrons. The zero-order valence-electron chi connectivity index (χ0n) is 10.8. The molecule has 0 spiro atoms. The predicted octanol–water partition coefficient (Wildman–Crippen LogP) is 0.0195. The van der Waals surface area contributed by atoms with Crippen LogP contribution in [0.4, 0.5) is 0 Å². The summed E-state index contributed by atoms with van der Waals surface area (Å²) < 4.78 is 15.1. The molecule has 7 nitrogen and oxygen atoms in total. The molecule has 2 heterocycles. The molecule has 1 aromatic heterocycles. The smallest absolute Gasteiger partial charge is 0.258 e. The summed E-state index contributed by atoms with van der Waals surface area (Å²) in [5, 5.41) is 16.4. The number of carbonyl (C=O) groups excluding carboxylic acids is 1. The third kappa shape index (κ3) is 4.22. The van der Waals surface area contributed by atoms with Crippen molar-refractivity contribution in [3.8, 4) is 5.88 Å². The monoisotopic (exact) mass is 270 g/mol. The summed E-state index contributed by atoms with van der Waals surface area (Å²) in [5.41, 5.74) is -0.877. The zero-order chi connectivity index (χ0) is 13.7. The van der Waals surface area contributed by atoms with Gasteiger partial charge < -0.3 is 24.4 Å². The fourth-order valence-corrected chi connectivity index (χ4v) is 1.79. The van der Waals surface area contributed by atoms with E-state index in [2.05, 4.69) is 10.5 Å². The van der Waals surface area contributed by atoms with Crippen LogP contribution < -0.4 is 10.1 Å². The number of nitrogens with one attached hydrogen (secondary N) is 1. The van der Waals surface area contributed by atoms with E-state index in [0.717, 1.165) is 0 Å². The van der Waals surface area contributed by atoms with Crippen molar-refractivity contribution in [3.05, 3.63) is 11.8 Å². The summed E-state index contributed by atoms with van der Waals surface area (Å²) in [4.78, 5) is 11.6. The number of aryl methyl sites for hydroxylation is 1. The first kappa shape index (κ1) is 13.8. The lowest BCUT2D eigenvalue weighted by Gasteiger charge is -2.31. The molecule has 0 unspecified atom stereocenters. The molecule has 7 heteroatoms. The number of aromatic nitrogens is 1. The lowest BCUT2D eigenvalue weighted by atomic mass is 9.94. The second kappa shape index (κ2) is 6.03. The third-order valence-electron chi connectivity index (χ3n) is 3.00. The van der Waals surface area contributed by atoms with Crippen LogP contribution in [0.25, 0.3) is 0 Å². The van der Waals surface area contributed by atoms with E-state index in [1.54, 1.807) is 13.0 Å². The number of carbonyl (C=O) groups is 1. The van der Waals surface area contributed by atoms with Crippen LogP contribution in [0.5, 0.6) is 5.88 Å². The van der Waals surface area contributed by atoms with Gasteiger partial charge in [-0.3, -0.25) is 4.79 Å². The van der Waals surface area contributed by atoms with Crippen molar-refractivity contribution in [2.45, 2.75) is 25.4 Å². The second-order valence-electron chi connectivity index (χ2n) is 4.68. The Hall–Kier alpha value is -1.60. The van der Waals surface area contributed by atoms with E-state index in [1.165, 1.54) is 0 Å². The van der Waals surface area contributed by atoms with Gasteiger partial charge >= 0.3 is 0 Å². The molecule has 19 heavy (non-hydrogen) atoms. The molecule has 2 N–H and O–H groups in total. The van der Waals surface area contributed by atoms with Crippen molar-refractivity contribution < 1.29 is 23.9 Å². The van der Waals surface area contributed by atoms with Gasteiger partial charge in [0.05, 0.1) is 5.60 Å². The van der Waals surface area contributed by atoms with Gasteiger partial charge in [-0.1, -0.05) is 0 Å². The van der Waals surface area contributed by atoms with E-state index in [-0.39, 0.29) is 24.9 Å². The van der Waals surface area contributed by atoms with Crippen LogP contribution in [0.1, 0.15) is 18.6 Å². The van der Waals surface area contributed by atoms with Crippen LogP contribution in [0.15, 0.2) is 10.6 Å². The van der Waals surface area contributed by atoms with Gasteiger partial charge in [-0.25, -0.2) is 0 Å². The number of amides is 1. The molecule has 1 saturated heterocycles. The molecular formula is C12H18N2O5. The fourth-order valence-electron chi connectivity index (χ4n) is 1.79. The number of rotatable bonds is 5. The number of hydrogen-bond acceptors (Lipinski definition) is 6. The van der Waals surface area contributed by atoms with Gasteiger partial charge in [-0.15, -0.1) is 0 Å². The molecule has 1 amide bonds. The lowest BCUT2D eigenvalue weighted by molar-refractivity contribution is -0.126. The minimum atomic E-state index is -0.877. The van der Waals surface area contributed by atoms with Gasteiger partial charge in [0.15, 0.2) is 6.61 Å². The Labute approximate surface area is 110 Å². The van der Waals surface area contributed by atoms with E-state index in [0.29, 0.717) is 31.8 Å². The largest absolute Gasteiger partial charge is 0.465 e. The molecule has 0 saturated carbocycles. The van der Waals surface area contributed by atoms with Crippen LogP contribution >= 0.6 is 0 Å². The SMILES string of the molecule is Cc1cc(OCC(=O)NCC2(O)CCOCC2)no1. The maximum Gasteiger partial charge on any atom is 0.258 e. The van der Waals surface area contributed by atoms with E-state index in [1.807, 2.05) is 0 Å². The number of aliphatic hydroxyl groups is 1. The van der Waals surface area contributed by atoms with Gasteiger partial charge in [0.2, 0.25) is 0 Å². The van der Waals surface area contributed by atoms with Gasteiger partial charge in [0.1, 0.15) is 5.76 Å². The average molecular weight is 270 g/mol. The van der Waals surface area contributed by atoms with Crippen molar-refractivity contribution in [2.75, 3.05) is 26.4 Å². The van der Waals surface area contributed by atoms with E-state index >= 15 is 0 Å². The van der Waals surface area contributed by atoms with Crippen LogP contribution in [-0.2, 0) is 9.53 Å². The van der Waals surface area contributed by atoms with Crippen molar-refractivity contribution in [2.24, 2.45) is 0 Å². The van der Waals surface area contributed by atoms with Gasteiger partial charge in [-0.2, -0.15) is 0 Å². The summed E-state index contributed by atoms with van der Waals surface area (Å²) in [6, 6.07) is 1.60. The molecule has 0 bridgehead atoms. The average Bonchev–Trinajstić information content (AvgIpc) is 2.81. The normalized spacial score (nSPS) is 18.0. The van der Waals surface area contributed by atoms with Gasteiger partial charge in [0.25, 0.3) is 11.8 Å². The van der Waals surface area contributed by atoms with E-state index < -0.39 is 5.60 Å². The first-order valence-corrected chi connectivity index (χ1v) is 6.20. The molecule has 0 radical (unpaired) electrons. The summed E-state index contributed by atoms with van der Waals surface area (Å²) in [6.07, 6.45) is 1.05. The molecule has 0 aromatic carbocycles. The standard InChI is InChI=1S/C12H18N2O5/c1-9-6-11(14-19-9)18-7-10(15)13-8-12(16)2-4-17-5-3-12/h6,16H,2-5,7-8H2,1H3,(H,13,15). The Balaban J connectivity index is 1.69. The van der Waals surface area contributed by atoms with Gasteiger partial charge in [0, 0.05) is 38.7 Å². The van der Waals surface area contributed by atoms with Gasteiger partial charge in [-0.05, 0) is 12.1 Å². The topological polar surface area (TPSA) is 93.8 Å². The van der Waals surface area contributed by atoms with Crippen LogP contribution in [0, 0.1) is 6.92 Å². The molecule has 0 aliphatic carbocycles. The van der Waals surface area contributed by atoms with Crippen LogP contribution in [0.3, 0.4) is 0 Å². The van der Waals surface area contributed by atoms with Crippen LogP contribution in [-0.4, -0.2) is 48.1 Å². The Bertz CT molecular complexity index is 426. The quantitative estimate of drug-likeness (QED) is 0.783.